The molecule has 2 bridgehead atoms. The van der Waals surface area contributed by atoms with Crippen LogP contribution in [0.15, 0.2) is 17.5 Å². The highest BCUT2D eigenvalue weighted by molar-refractivity contribution is 7.09. The Morgan fingerprint density at radius 3 is 2.57 bits per heavy atom. The van der Waals surface area contributed by atoms with Gasteiger partial charge in [-0.2, -0.15) is 0 Å². The van der Waals surface area contributed by atoms with E-state index in [-0.39, 0.29) is 30.3 Å². The number of fused-ring (bicyclic) bond motifs is 2. The van der Waals surface area contributed by atoms with Crippen LogP contribution in [0.25, 0.3) is 0 Å². The van der Waals surface area contributed by atoms with Crippen molar-refractivity contribution in [2.24, 2.45) is 5.92 Å². The van der Waals surface area contributed by atoms with Crippen LogP contribution in [0.5, 0.6) is 0 Å². The number of carbonyl (C=O) groups is 2. The van der Waals surface area contributed by atoms with Crippen molar-refractivity contribution in [1.82, 2.24) is 4.90 Å². The lowest BCUT2D eigenvalue weighted by molar-refractivity contribution is -0.140. The standard InChI is InChI=1S/C16H21NO3S/c18-15(6-5-14-2-1-7-21-14)17-12-3-4-13(17)9-11(8-12)10-16(19)20/h1-2,7,11-13H,3-6,8-10H2,(H,19,20). The van der Waals surface area contributed by atoms with E-state index in [9.17, 15) is 9.59 Å². The Balaban J connectivity index is 1.57. The third-order valence-corrected chi connectivity index (χ3v) is 5.68. The minimum Gasteiger partial charge on any atom is -0.481 e. The molecule has 0 radical (unpaired) electrons. The summed E-state index contributed by atoms with van der Waals surface area (Å²) in [5.74, 6) is -0.206. The number of hydrogen-bond acceptors (Lipinski definition) is 3. The summed E-state index contributed by atoms with van der Waals surface area (Å²) in [7, 11) is 0. The minimum absolute atomic E-state index is 0.251. The second-order valence-electron chi connectivity index (χ2n) is 6.20. The number of aryl methyl sites for hydroxylation is 1. The molecule has 3 rings (SSSR count). The number of carboxylic acid groups (broad SMARTS) is 1. The number of piperidine rings is 1. The molecule has 5 heteroatoms. The summed E-state index contributed by atoms with van der Waals surface area (Å²) in [5.41, 5.74) is 0. The van der Waals surface area contributed by atoms with Crippen molar-refractivity contribution in [3.63, 3.8) is 0 Å². The third kappa shape index (κ3) is 3.28. The van der Waals surface area contributed by atoms with E-state index in [1.807, 2.05) is 11.4 Å². The van der Waals surface area contributed by atoms with E-state index in [1.165, 1.54) is 4.88 Å². The van der Waals surface area contributed by atoms with Crippen LogP contribution in [0.1, 0.15) is 43.4 Å². The number of aliphatic carboxylic acids is 1. The van der Waals surface area contributed by atoms with Crippen LogP contribution in [0, 0.1) is 5.92 Å². The van der Waals surface area contributed by atoms with Gasteiger partial charge in [0.1, 0.15) is 0 Å². The van der Waals surface area contributed by atoms with Crippen LogP contribution in [0.3, 0.4) is 0 Å². The second-order valence-corrected chi connectivity index (χ2v) is 7.23. The minimum atomic E-state index is -0.711. The van der Waals surface area contributed by atoms with Crippen molar-refractivity contribution < 1.29 is 14.7 Å². The predicted molar refractivity (Wildman–Crippen MR) is 81.3 cm³/mol. The molecule has 3 heterocycles. The zero-order valence-electron chi connectivity index (χ0n) is 12.0. The van der Waals surface area contributed by atoms with Crippen LogP contribution in [0.4, 0.5) is 0 Å². The van der Waals surface area contributed by atoms with Gasteiger partial charge in [-0.15, -0.1) is 11.3 Å². The molecular formula is C16H21NO3S. The summed E-state index contributed by atoms with van der Waals surface area (Å²) < 4.78 is 0. The van der Waals surface area contributed by atoms with Gasteiger partial charge in [-0.1, -0.05) is 6.07 Å². The molecule has 0 aliphatic carbocycles. The van der Waals surface area contributed by atoms with E-state index in [4.69, 9.17) is 5.11 Å². The van der Waals surface area contributed by atoms with Crippen LogP contribution in [0.2, 0.25) is 0 Å². The molecule has 1 amide bonds. The zero-order valence-corrected chi connectivity index (χ0v) is 12.8. The summed E-state index contributed by atoms with van der Waals surface area (Å²) >= 11 is 1.70. The van der Waals surface area contributed by atoms with E-state index >= 15 is 0 Å². The molecule has 2 unspecified atom stereocenters. The largest absolute Gasteiger partial charge is 0.481 e. The summed E-state index contributed by atoms with van der Waals surface area (Å²) in [6.45, 7) is 0. The fraction of sp³-hybridized carbons (Fsp3) is 0.625. The molecule has 4 nitrogen and oxygen atoms in total. The highest BCUT2D eigenvalue weighted by Crippen LogP contribution is 2.40. The van der Waals surface area contributed by atoms with Gasteiger partial charge in [-0.25, -0.2) is 0 Å². The highest BCUT2D eigenvalue weighted by atomic mass is 32.1. The average Bonchev–Trinajstić information content (AvgIpc) is 3.02. The molecule has 114 valence electrons. The monoisotopic (exact) mass is 307 g/mol. The van der Waals surface area contributed by atoms with Gasteiger partial charge in [-0.3, -0.25) is 9.59 Å². The lowest BCUT2D eigenvalue weighted by Crippen LogP contribution is -2.46. The predicted octanol–water partition coefficient (Wildman–Crippen LogP) is 2.93. The molecular weight excluding hydrogens is 286 g/mol. The molecule has 2 atom stereocenters. The van der Waals surface area contributed by atoms with Gasteiger partial charge in [0, 0.05) is 29.8 Å². The molecule has 0 saturated carbocycles. The van der Waals surface area contributed by atoms with Gasteiger partial charge >= 0.3 is 5.97 Å². The Hall–Kier alpha value is -1.36. The smallest absolute Gasteiger partial charge is 0.303 e. The second kappa shape index (κ2) is 6.18. The molecule has 2 saturated heterocycles. The number of nitrogens with zero attached hydrogens (tertiary/aromatic N) is 1. The number of carbonyl (C=O) groups excluding carboxylic acids is 1. The van der Waals surface area contributed by atoms with Gasteiger partial charge in [0.15, 0.2) is 0 Å². The molecule has 21 heavy (non-hydrogen) atoms. The van der Waals surface area contributed by atoms with Crippen molar-refractivity contribution in [2.45, 2.75) is 57.0 Å². The number of hydrogen-bond donors (Lipinski definition) is 1. The Morgan fingerprint density at radius 2 is 2.00 bits per heavy atom. The number of amides is 1. The highest BCUT2D eigenvalue weighted by Gasteiger charge is 2.43. The van der Waals surface area contributed by atoms with E-state index < -0.39 is 5.97 Å². The Morgan fingerprint density at radius 1 is 1.29 bits per heavy atom. The van der Waals surface area contributed by atoms with E-state index in [2.05, 4.69) is 11.0 Å². The van der Waals surface area contributed by atoms with E-state index in [0.29, 0.717) is 6.42 Å². The van der Waals surface area contributed by atoms with Crippen molar-refractivity contribution in [3.05, 3.63) is 22.4 Å². The summed E-state index contributed by atoms with van der Waals surface area (Å²) in [4.78, 5) is 26.7. The first-order chi connectivity index (χ1) is 10.1. The van der Waals surface area contributed by atoms with Gasteiger partial charge in [0.05, 0.1) is 0 Å². The number of thiophene rings is 1. The zero-order chi connectivity index (χ0) is 14.8. The first-order valence-corrected chi connectivity index (χ1v) is 8.57. The molecule has 0 spiro atoms. The molecule has 1 aromatic rings. The van der Waals surface area contributed by atoms with Gasteiger partial charge in [0.25, 0.3) is 0 Å². The van der Waals surface area contributed by atoms with Crippen molar-refractivity contribution in [2.75, 3.05) is 0 Å². The summed E-state index contributed by atoms with van der Waals surface area (Å²) in [6.07, 6.45) is 5.49. The molecule has 2 fully saturated rings. The number of rotatable bonds is 5. The van der Waals surface area contributed by atoms with E-state index in [1.54, 1.807) is 11.3 Å². The first-order valence-electron chi connectivity index (χ1n) is 7.69. The van der Waals surface area contributed by atoms with Crippen molar-refractivity contribution in [3.8, 4) is 0 Å². The van der Waals surface area contributed by atoms with Gasteiger partial charge < -0.3 is 10.0 Å². The molecule has 2 aliphatic heterocycles. The molecule has 1 aromatic heterocycles. The normalized spacial score (nSPS) is 27.8. The lowest BCUT2D eigenvalue weighted by atomic mass is 9.88. The van der Waals surface area contributed by atoms with E-state index in [0.717, 1.165) is 32.1 Å². The fourth-order valence-electron chi connectivity index (χ4n) is 3.92. The topological polar surface area (TPSA) is 57.6 Å². The molecule has 0 aromatic carbocycles. The van der Waals surface area contributed by atoms with Gasteiger partial charge in [-0.05, 0) is 49.5 Å². The summed E-state index contributed by atoms with van der Waals surface area (Å²) in [5, 5.41) is 11.0. The van der Waals surface area contributed by atoms with Crippen LogP contribution in [-0.4, -0.2) is 34.0 Å². The van der Waals surface area contributed by atoms with Crippen molar-refractivity contribution in [1.29, 1.82) is 0 Å². The van der Waals surface area contributed by atoms with Crippen LogP contribution < -0.4 is 0 Å². The third-order valence-electron chi connectivity index (χ3n) is 4.75. The average molecular weight is 307 g/mol. The summed E-state index contributed by atoms with van der Waals surface area (Å²) in [6, 6.07) is 4.66. The Bertz CT molecular complexity index is 500. The SMILES string of the molecule is O=C(O)CC1CC2CCC(C1)N2C(=O)CCc1cccs1. The quantitative estimate of drug-likeness (QED) is 0.910. The van der Waals surface area contributed by atoms with Crippen molar-refractivity contribution >= 4 is 23.2 Å². The Labute approximate surface area is 128 Å². The fourth-order valence-corrected chi connectivity index (χ4v) is 4.63. The molecule has 1 N–H and O–H groups in total. The maximum atomic E-state index is 12.5. The maximum absolute atomic E-state index is 12.5. The van der Waals surface area contributed by atoms with Crippen LogP contribution in [-0.2, 0) is 16.0 Å². The van der Waals surface area contributed by atoms with Gasteiger partial charge in [0.2, 0.25) is 5.91 Å². The Kier molecular flexibility index (Phi) is 4.29. The molecule has 2 aliphatic rings. The maximum Gasteiger partial charge on any atom is 0.303 e. The van der Waals surface area contributed by atoms with Crippen LogP contribution >= 0.6 is 11.3 Å². The first kappa shape index (κ1) is 14.6. The lowest BCUT2D eigenvalue weighted by Gasteiger charge is -2.38. The number of carboxylic acids is 1.